The highest BCUT2D eigenvalue weighted by Crippen LogP contribution is 2.19. The maximum absolute atomic E-state index is 13.0. The smallest absolute Gasteiger partial charge is 0.235 e. The molecule has 0 aromatic heterocycles. The molecule has 0 saturated carbocycles. The standard InChI is InChI=1S/C16H23ClFNO3S/c1-3-4-5-6-12(2)19-16(20)11-23(21,22)10-13-7-8-14(18)9-15(13)17/h7-9,12H,3-6,10-11H2,1-2H3,(H,19,20). The molecule has 0 heterocycles. The van der Waals surface area contributed by atoms with E-state index in [1.54, 1.807) is 0 Å². The molecule has 1 unspecified atom stereocenters. The van der Waals surface area contributed by atoms with Crippen LogP contribution >= 0.6 is 11.6 Å². The summed E-state index contributed by atoms with van der Waals surface area (Å²) in [5.74, 6) is -2.04. The molecule has 0 radical (unpaired) electrons. The van der Waals surface area contributed by atoms with Crippen LogP contribution in [0.2, 0.25) is 5.02 Å². The van der Waals surface area contributed by atoms with Gasteiger partial charge < -0.3 is 5.32 Å². The first-order chi connectivity index (χ1) is 10.7. The normalized spacial score (nSPS) is 12.9. The lowest BCUT2D eigenvalue weighted by Crippen LogP contribution is -2.37. The minimum atomic E-state index is -3.66. The summed E-state index contributed by atoms with van der Waals surface area (Å²) in [6.45, 7) is 3.95. The Morgan fingerprint density at radius 1 is 1.35 bits per heavy atom. The molecule has 1 aromatic carbocycles. The zero-order valence-corrected chi connectivity index (χ0v) is 15.0. The summed E-state index contributed by atoms with van der Waals surface area (Å²) in [5.41, 5.74) is 0.289. The van der Waals surface area contributed by atoms with Crippen molar-refractivity contribution in [1.82, 2.24) is 5.32 Å². The molecule has 1 amide bonds. The second-order valence-electron chi connectivity index (χ2n) is 5.73. The van der Waals surface area contributed by atoms with Crippen LogP contribution in [0.25, 0.3) is 0 Å². The predicted octanol–water partition coefficient (Wildman–Crippen LogP) is 3.48. The van der Waals surface area contributed by atoms with Crippen molar-refractivity contribution in [1.29, 1.82) is 0 Å². The Bertz CT molecular complexity index is 634. The minimum absolute atomic E-state index is 0.0434. The molecule has 0 bridgehead atoms. The van der Waals surface area contributed by atoms with Gasteiger partial charge in [0.15, 0.2) is 9.84 Å². The number of amides is 1. The molecule has 0 aliphatic rings. The third kappa shape index (κ3) is 7.79. The number of sulfone groups is 1. The molecule has 0 spiro atoms. The molecule has 130 valence electrons. The van der Waals surface area contributed by atoms with Gasteiger partial charge in [-0.3, -0.25) is 4.79 Å². The van der Waals surface area contributed by atoms with Gasteiger partial charge in [-0.1, -0.05) is 43.9 Å². The van der Waals surface area contributed by atoms with Crippen molar-refractivity contribution in [3.8, 4) is 0 Å². The molecule has 0 fully saturated rings. The van der Waals surface area contributed by atoms with E-state index in [0.717, 1.165) is 37.8 Å². The molecule has 0 aliphatic carbocycles. The van der Waals surface area contributed by atoms with Crippen LogP contribution < -0.4 is 5.32 Å². The van der Waals surface area contributed by atoms with Crippen molar-refractivity contribution >= 4 is 27.3 Å². The topological polar surface area (TPSA) is 63.2 Å². The number of hydrogen-bond acceptors (Lipinski definition) is 3. The lowest BCUT2D eigenvalue weighted by Gasteiger charge is -2.14. The molecule has 0 aliphatic heterocycles. The van der Waals surface area contributed by atoms with E-state index in [4.69, 9.17) is 11.6 Å². The van der Waals surface area contributed by atoms with Crippen LogP contribution in [0.4, 0.5) is 4.39 Å². The molecule has 7 heteroatoms. The van der Waals surface area contributed by atoms with E-state index < -0.39 is 27.3 Å². The second-order valence-corrected chi connectivity index (χ2v) is 8.20. The van der Waals surface area contributed by atoms with Crippen LogP contribution in [-0.2, 0) is 20.4 Å². The van der Waals surface area contributed by atoms with Crippen LogP contribution in [0.5, 0.6) is 0 Å². The maximum atomic E-state index is 13.0. The number of halogens is 2. The van der Waals surface area contributed by atoms with Crippen LogP contribution in [0.15, 0.2) is 18.2 Å². The van der Waals surface area contributed by atoms with Crippen molar-refractivity contribution in [2.75, 3.05) is 5.75 Å². The summed E-state index contributed by atoms with van der Waals surface area (Å²) >= 11 is 5.82. The largest absolute Gasteiger partial charge is 0.353 e. The lowest BCUT2D eigenvalue weighted by atomic mass is 10.1. The third-order valence-corrected chi connectivity index (χ3v) is 5.19. The molecule has 4 nitrogen and oxygen atoms in total. The highest BCUT2D eigenvalue weighted by Gasteiger charge is 2.20. The van der Waals surface area contributed by atoms with E-state index in [2.05, 4.69) is 12.2 Å². The van der Waals surface area contributed by atoms with E-state index in [1.165, 1.54) is 6.07 Å². The van der Waals surface area contributed by atoms with E-state index in [-0.39, 0.29) is 22.4 Å². The summed E-state index contributed by atoms with van der Waals surface area (Å²) in [6.07, 6.45) is 3.99. The fourth-order valence-corrected chi connectivity index (χ4v) is 3.84. The zero-order chi connectivity index (χ0) is 17.5. The molecule has 1 atom stereocenters. The second kappa shape index (κ2) is 9.23. The summed E-state index contributed by atoms with van der Waals surface area (Å²) in [4.78, 5) is 11.8. The van der Waals surface area contributed by atoms with Crippen molar-refractivity contribution < 1.29 is 17.6 Å². The predicted molar refractivity (Wildman–Crippen MR) is 90.6 cm³/mol. The number of nitrogens with one attached hydrogen (secondary N) is 1. The van der Waals surface area contributed by atoms with E-state index in [0.29, 0.717) is 0 Å². The number of hydrogen-bond donors (Lipinski definition) is 1. The van der Waals surface area contributed by atoms with Gasteiger partial charge in [0.05, 0.1) is 5.75 Å². The summed E-state index contributed by atoms with van der Waals surface area (Å²) < 4.78 is 37.1. The summed E-state index contributed by atoms with van der Waals surface area (Å²) in [7, 11) is -3.66. The summed E-state index contributed by atoms with van der Waals surface area (Å²) in [5, 5.41) is 2.74. The van der Waals surface area contributed by atoms with Crippen molar-refractivity contribution in [3.63, 3.8) is 0 Å². The Balaban J connectivity index is 2.55. The van der Waals surface area contributed by atoms with Gasteiger partial charge in [-0.05, 0) is 31.0 Å². The van der Waals surface area contributed by atoms with Crippen LogP contribution in [-0.4, -0.2) is 26.1 Å². The van der Waals surface area contributed by atoms with E-state index in [9.17, 15) is 17.6 Å². The minimum Gasteiger partial charge on any atom is -0.353 e. The average molecular weight is 364 g/mol. The number of rotatable bonds is 9. The van der Waals surface area contributed by atoms with Gasteiger partial charge in [-0.25, -0.2) is 12.8 Å². The van der Waals surface area contributed by atoms with Crippen LogP contribution in [0.3, 0.4) is 0 Å². The maximum Gasteiger partial charge on any atom is 0.235 e. The Morgan fingerprint density at radius 2 is 2.04 bits per heavy atom. The summed E-state index contributed by atoms with van der Waals surface area (Å²) in [6, 6.07) is 3.47. The van der Waals surface area contributed by atoms with Gasteiger partial charge in [0.2, 0.25) is 5.91 Å². The first kappa shape index (κ1) is 19.9. The highest BCUT2D eigenvalue weighted by atomic mass is 35.5. The van der Waals surface area contributed by atoms with Crippen LogP contribution in [0, 0.1) is 5.82 Å². The Kier molecular flexibility index (Phi) is 7.99. The first-order valence-electron chi connectivity index (χ1n) is 7.67. The average Bonchev–Trinajstić information content (AvgIpc) is 2.41. The first-order valence-corrected chi connectivity index (χ1v) is 9.87. The van der Waals surface area contributed by atoms with Crippen molar-refractivity contribution in [3.05, 3.63) is 34.6 Å². The Labute approximate surface area is 142 Å². The van der Waals surface area contributed by atoms with Gasteiger partial charge >= 0.3 is 0 Å². The van der Waals surface area contributed by atoms with Crippen molar-refractivity contribution in [2.24, 2.45) is 0 Å². The fourth-order valence-electron chi connectivity index (χ4n) is 2.22. The molecular weight excluding hydrogens is 341 g/mol. The molecule has 1 N–H and O–H groups in total. The molecule has 0 saturated heterocycles. The fraction of sp³-hybridized carbons (Fsp3) is 0.562. The number of unbranched alkanes of at least 4 members (excludes halogenated alkanes) is 2. The van der Waals surface area contributed by atoms with Gasteiger partial charge in [0, 0.05) is 11.1 Å². The number of carbonyl (C=O) groups is 1. The van der Waals surface area contributed by atoms with E-state index >= 15 is 0 Å². The SMILES string of the molecule is CCCCCC(C)NC(=O)CS(=O)(=O)Cc1ccc(F)cc1Cl. The zero-order valence-electron chi connectivity index (χ0n) is 13.4. The van der Waals surface area contributed by atoms with Gasteiger partial charge in [-0.2, -0.15) is 0 Å². The lowest BCUT2D eigenvalue weighted by molar-refractivity contribution is -0.119. The van der Waals surface area contributed by atoms with Gasteiger partial charge in [0.25, 0.3) is 0 Å². The number of carbonyl (C=O) groups excluding carboxylic acids is 1. The van der Waals surface area contributed by atoms with Gasteiger partial charge in [0.1, 0.15) is 11.6 Å². The Morgan fingerprint density at radius 3 is 2.65 bits per heavy atom. The number of benzene rings is 1. The van der Waals surface area contributed by atoms with Gasteiger partial charge in [-0.15, -0.1) is 0 Å². The Hall–Kier alpha value is -1.14. The molecule has 1 rings (SSSR count). The highest BCUT2D eigenvalue weighted by molar-refractivity contribution is 7.91. The third-order valence-electron chi connectivity index (χ3n) is 3.39. The molecule has 1 aromatic rings. The van der Waals surface area contributed by atoms with E-state index in [1.807, 2.05) is 6.92 Å². The van der Waals surface area contributed by atoms with Crippen molar-refractivity contribution in [2.45, 2.75) is 51.3 Å². The monoisotopic (exact) mass is 363 g/mol. The quantitative estimate of drug-likeness (QED) is 0.683. The van der Waals surface area contributed by atoms with Crippen LogP contribution in [0.1, 0.15) is 45.1 Å². The molecule has 23 heavy (non-hydrogen) atoms. The molecular formula is C16H23ClFNO3S.